The molecule has 2 aromatic heterocycles. The fourth-order valence-electron chi connectivity index (χ4n) is 6.86. The molecule has 15 heteroatoms. The number of aromatic nitrogens is 2. The van der Waals surface area contributed by atoms with Crippen LogP contribution in [-0.2, 0) is 9.59 Å². The Kier molecular flexibility index (Phi) is 11.9. The molecule has 290 valence electrons. The van der Waals surface area contributed by atoms with Crippen molar-refractivity contribution in [1.82, 2.24) is 20.2 Å². The van der Waals surface area contributed by atoms with Gasteiger partial charge in [-0.2, -0.15) is 0 Å². The van der Waals surface area contributed by atoms with Gasteiger partial charge in [0.25, 0.3) is 12.3 Å². The molecule has 3 amide bonds. The minimum absolute atomic E-state index is 0.00938. The maximum Gasteiger partial charge on any atom is 0.284 e. The van der Waals surface area contributed by atoms with Crippen molar-refractivity contribution in [2.45, 2.75) is 58.0 Å². The summed E-state index contributed by atoms with van der Waals surface area (Å²) < 4.78 is 49.0. The summed E-state index contributed by atoms with van der Waals surface area (Å²) in [6.45, 7) is 7.62. The largest absolute Gasteiger partial charge is 0.490 e. The van der Waals surface area contributed by atoms with E-state index < -0.39 is 35.4 Å². The predicted octanol–water partition coefficient (Wildman–Crippen LogP) is 6.29. The van der Waals surface area contributed by atoms with E-state index in [1.807, 2.05) is 25.7 Å². The molecule has 4 aromatic rings. The summed E-state index contributed by atoms with van der Waals surface area (Å²) in [4.78, 5) is 49.0. The molecule has 4 heterocycles. The first kappa shape index (κ1) is 39.0. The van der Waals surface area contributed by atoms with Crippen molar-refractivity contribution < 1.29 is 32.3 Å². The van der Waals surface area contributed by atoms with Crippen molar-refractivity contribution in [3.8, 4) is 17.0 Å². The lowest BCUT2D eigenvalue weighted by atomic mass is 9.93. The van der Waals surface area contributed by atoms with E-state index in [1.54, 1.807) is 65.7 Å². The molecule has 55 heavy (non-hydrogen) atoms. The zero-order chi connectivity index (χ0) is 39.3. The van der Waals surface area contributed by atoms with Crippen LogP contribution in [0.4, 0.5) is 36.1 Å². The maximum atomic E-state index is 15.2. The number of ether oxygens (including phenoxy) is 1. The van der Waals surface area contributed by atoms with Crippen LogP contribution in [0.25, 0.3) is 11.3 Å². The SMILES string of the molecule is CC(C)C[C@](C)(N)COc1ccc(-c2ccnc(Nc3ccc(C(=O)N4CCN(c5ccc(NC6CCC(=O)NC6=O)cc5F)CC4)cc3)c2)nc1C(F)F. The van der Waals surface area contributed by atoms with E-state index in [2.05, 4.69) is 25.9 Å². The first-order valence-electron chi connectivity index (χ1n) is 18.2. The van der Waals surface area contributed by atoms with Crippen LogP contribution >= 0.6 is 0 Å². The number of nitrogens with two attached hydrogens (primary N) is 1. The molecule has 0 aliphatic carbocycles. The lowest BCUT2D eigenvalue weighted by Gasteiger charge is -2.36. The van der Waals surface area contributed by atoms with Crippen LogP contribution in [0.15, 0.2) is 72.9 Å². The number of carbonyl (C=O) groups is 3. The second kappa shape index (κ2) is 16.8. The standard InChI is InChI=1S/C40H45F3N8O4/c1-24(2)22-40(3,44)23-55-33-12-9-30(48-36(33)37(42)43)26-14-15-45-34(20-26)47-27-6-4-25(5-7-27)39(54)51-18-16-50(17-19-51)32-11-8-28(21-29(32)41)46-31-10-13-35(52)49-38(31)53/h4-9,11-12,14-15,20-21,24,31,37,46H,10,13,16-19,22-23,44H2,1-3H3,(H,45,47)(H,49,52,53)/t31?,40-/m0/s1. The Labute approximate surface area is 317 Å². The minimum atomic E-state index is -2.85. The van der Waals surface area contributed by atoms with Crippen molar-refractivity contribution in [1.29, 1.82) is 0 Å². The van der Waals surface area contributed by atoms with Gasteiger partial charge in [0, 0.05) is 66.8 Å². The number of rotatable bonds is 13. The number of nitrogens with one attached hydrogen (secondary N) is 3. The van der Waals surface area contributed by atoms with Crippen LogP contribution in [0.5, 0.6) is 5.75 Å². The van der Waals surface area contributed by atoms with Gasteiger partial charge in [-0.15, -0.1) is 0 Å². The Morgan fingerprint density at radius 2 is 1.75 bits per heavy atom. The summed E-state index contributed by atoms with van der Waals surface area (Å²) in [5.74, 6) is -0.592. The lowest BCUT2D eigenvalue weighted by Crippen LogP contribution is -2.49. The van der Waals surface area contributed by atoms with Crippen molar-refractivity contribution in [2.75, 3.05) is 48.3 Å². The summed E-state index contributed by atoms with van der Waals surface area (Å²) in [7, 11) is 0. The van der Waals surface area contributed by atoms with Crippen LogP contribution in [0, 0.1) is 11.7 Å². The molecule has 0 radical (unpaired) electrons. The third kappa shape index (κ3) is 9.89. The highest BCUT2D eigenvalue weighted by Gasteiger charge is 2.28. The van der Waals surface area contributed by atoms with Gasteiger partial charge in [-0.3, -0.25) is 19.7 Å². The predicted molar refractivity (Wildman–Crippen MR) is 204 cm³/mol. The number of amides is 3. The Balaban J connectivity index is 1.03. The summed E-state index contributed by atoms with van der Waals surface area (Å²) in [5, 5.41) is 8.46. The molecule has 2 aliphatic heterocycles. The van der Waals surface area contributed by atoms with Crippen molar-refractivity contribution in [3.63, 3.8) is 0 Å². The lowest BCUT2D eigenvalue weighted by molar-refractivity contribution is -0.133. The first-order valence-corrected chi connectivity index (χ1v) is 18.2. The Morgan fingerprint density at radius 1 is 1.02 bits per heavy atom. The topological polar surface area (TPSA) is 155 Å². The van der Waals surface area contributed by atoms with Gasteiger partial charge in [0.05, 0.1) is 11.4 Å². The van der Waals surface area contributed by atoms with E-state index in [0.29, 0.717) is 84.6 Å². The number of benzene rings is 2. The van der Waals surface area contributed by atoms with E-state index in [9.17, 15) is 23.2 Å². The molecule has 0 bridgehead atoms. The highest BCUT2D eigenvalue weighted by atomic mass is 19.3. The van der Waals surface area contributed by atoms with Gasteiger partial charge in [-0.1, -0.05) is 13.8 Å². The van der Waals surface area contributed by atoms with E-state index in [1.165, 1.54) is 12.1 Å². The van der Waals surface area contributed by atoms with Crippen LogP contribution in [0.1, 0.15) is 62.5 Å². The van der Waals surface area contributed by atoms with Crippen molar-refractivity contribution in [3.05, 3.63) is 90.0 Å². The molecule has 2 atom stereocenters. The average molecular weight is 759 g/mol. The fraction of sp³-hybridized carbons (Fsp3) is 0.375. The number of hydrogen-bond acceptors (Lipinski definition) is 10. The van der Waals surface area contributed by atoms with E-state index in [4.69, 9.17) is 10.5 Å². The third-order valence-corrected chi connectivity index (χ3v) is 9.42. The van der Waals surface area contributed by atoms with Crippen LogP contribution in [-0.4, -0.2) is 77.0 Å². The van der Waals surface area contributed by atoms with Gasteiger partial charge < -0.3 is 30.9 Å². The monoisotopic (exact) mass is 758 g/mol. The van der Waals surface area contributed by atoms with Crippen LogP contribution in [0.3, 0.4) is 0 Å². The van der Waals surface area contributed by atoms with Gasteiger partial charge in [-0.05, 0) is 92.4 Å². The summed E-state index contributed by atoms with van der Waals surface area (Å²) in [6, 6.07) is 17.4. The number of carbonyl (C=O) groups excluding carboxylic acids is 3. The zero-order valence-corrected chi connectivity index (χ0v) is 31.0. The van der Waals surface area contributed by atoms with Crippen molar-refractivity contribution >= 4 is 40.6 Å². The minimum Gasteiger partial charge on any atom is -0.490 e. The van der Waals surface area contributed by atoms with Gasteiger partial charge >= 0.3 is 0 Å². The molecule has 2 saturated heterocycles. The van der Waals surface area contributed by atoms with E-state index >= 15 is 4.39 Å². The first-order chi connectivity index (χ1) is 26.2. The molecule has 12 nitrogen and oxygen atoms in total. The Hall–Kier alpha value is -5.70. The Morgan fingerprint density at radius 3 is 2.42 bits per heavy atom. The van der Waals surface area contributed by atoms with Gasteiger partial charge in [-0.25, -0.2) is 23.1 Å². The third-order valence-electron chi connectivity index (χ3n) is 9.42. The van der Waals surface area contributed by atoms with Gasteiger partial charge in [0.1, 0.15) is 35.7 Å². The smallest absolute Gasteiger partial charge is 0.284 e. The molecule has 6 rings (SSSR count). The van der Waals surface area contributed by atoms with Gasteiger partial charge in [0.2, 0.25) is 11.8 Å². The number of piperazine rings is 1. The number of pyridine rings is 2. The second-order valence-corrected chi connectivity index (χ2v) is 14.6. The average Bonchev–Trinajstić information content (AvgIpc) is 3.15. The van der Waals surface area contributed by atoms with E-state index in [-0.39, 0.29) is 30.6 Å². The highest BCUT2D eigenvalue weighted by Crippen LogP contribution is 2.32. The van der Waals surface area contributed by atoms with Crippen molar-refractivity contribution in [2.24, 2.45) is 11.7 Å². The number of anilines is 4. The molecular formula is C40H45F3N8O4. The number of alkyl halides is 2. The van der Waals surface area contributed by atoms with Gasteiger partial charge in [0.15, 0.2) is 0 Å². The van der Waals surface area contributed by atoms with E-state index in [0.717, 1.165) is 0 Å². The molecular weight excluding hydrogens is 713 g/mol. The number of nitrogens with zero attached hydrogens (tertiary/aromatic N) is 4. The quantitative estimate of drug-likeness (QED) is 0.115. The number of piperidine rings is 1. The summed E-state index contributed by atoms with van der Waals surface area (Å²) in [5.41, 5.74) is 8.05. The highest BCUT2D eigenvalue weighted by molar-refractivity contribution is 6.01. The molecule has 0 spiro atoms. The normalized spacial score (nSPS) is 17.2. The molecule has 1 unspecified atom stereocenters. The summed E-state index contributed by atoms with van der Waals surface area (Å²) >= 11 is 0. The fourth-order valence-corrected chi connectivity index (χ4v) is 6.86. The zero-order valence-electron chi connectivity index (χ0n) is 31.0. The number of hydrogen-bond donors (Lipinski definition) is 4. The second-order valence-electron chi connectivity index (χ2n) is 14.6. The molecule has 2 fully saturated rings. The molecule has 2 aliphatic rings. The molecule has 2 aromatic carbocycles. The van der Waals surface area contributed by atoms with Crippen LogP contribution in [0.2, 0.25) is 0 Å². The molecule has 0 saturated carbocycles. The molecule has 5 N–H and O–H groups in total. The Bertz CT molecular complexity index is 2020. The van der Waals surface area contributed by atoms with Crippen LogP contribution < -0.4 is 31.3 Å². The maximum absolute atomic E-state index is 15.2. The number of imide groups is 1. The number of halogens is 3. The summed E-state index contributed by atoms with van der Waals surface area (Å²) in [6.07, 6.45) is -0.0819.